The molecule has 0 aliphatic rings. The molecule has 0 fully saturated rings. The second-order valence-corrected chi connectivity index (χ2v) is 25.3. The minimum Gasteiger partial charge on any atom is -0.466 e. The first-order valence-electron chi connectivity index (χ1n) is 36.6. The van der Waals surface area contributed by atoms with Crippen LogP contribution in [0.15, 0.2) is 24.3 Å². The fraction of sp³-hybridized carbons (Fsp3) is 0.919. The van der Waals surface area contributed by atoms with Gasteiger partial charge in [-0.1, -0.05) is 366 Å². The first kappa shape index (κ1) is 78.3. The molecule has 2 atom stereocenters. The molecule has 6 heteroatoms. The van der Waals surface area contributed by atoms with Crippen LogP contribution in [-0.2, 0) is 14.3 Å². The number of allylic oxidation sites excluding steroid dienone is 4. The summed E-state index contributed by atoms with van der Waals surface area (Å²) in [5, 5.41) is 23.4. The van der Waals surface area contributed by atoms with Crippen molar-refractivity contribution in [3.05, 3.63) is 24.3 Å². The predicted molar refractivity (Wildman–Crippen MR) is 352 cm³/mol. The number of aliphatic hydroxyl groups excluding tert-OH is 2. The van der Waals surface area contributed by atoms with Gasteiger partial charge in [0, 0.05) is 12.8 Å². The third-order valence-electron chi connectivity index (χ3n) is 17.3. The molecule has 0 rings (SSSR count). The average molecular weight is 1130 g/mol. The molecule has 0 aromatic carbocycles. The monoisotopic (exact) mass is 1130 g/mol. The fourth-order valence-electron chi connectivity index (χ4n) is 11.7. The lowest BCUT2D eigenvalue weighted by Crippen LogP contribution is -2.45. The first-order valence-corrected chi connectivity index (χ1v) is 36.6. The van der Waals surface area contributed by atoms with Crippen molar-refractivity contribution in [2.24, 2.45) is 0 Å². The smallest absolute Gasteiger partial charge is 0.305 e. The van der Waals surface area contributed by atoms with E-state index in [-0.39, 0.29) is 18.5 Å². The van der Waals surface area contributed by atoms with E-state index >= 15 is 0 Å². The molecular formula is C74H143NO5. The van der Waals surface area contributed by atoms with E-state index in [2.05, 4.69) is 43.5 Å². The van der Waals surface area contributed by atoms with Crippen molar-refractivity contribution in [3.63, 3.8) is 0 Å². The maximum absolute atomic E-state index is 12.5. The van der Waals surface area contributed by atoms with Crippen molar-refractivity contribution in [3.8, 4) is 0 Å². The van der Waals surface area contributed by atoms with Crippen molar-refractivity contribution < 1.29 is 24.5 Å². The molecule has 0 aliphatic heterocycles. The summed E-state index contributed by atoms with van der Waals surface area (Å²) in [7, 11) is 0. The quantitative estimate of drug-likeness (QED) is 0.0320. The van der Waals surface area contributed by atoms with Crippen LogP contribution < -0.4 is 5.32 Å². The number of hydrogen-bond acceptors (Lipinski definition) is 5. The van der Waals surface area contributed by atoms with E-state index in [0.717, 1.165) is 51.4 Å². The van der Waals surface area contributed by atoms with Gasteiger partial charge in [-0.15, -0.1) is 0 Å². The Hall–Kier alpha value is -1.66. The second kappa shape index (κ2) is 69.8. The highest BCUT2D eigenvalue weighted by Crippen LogP contribution is 2.19. The summed E-state index contributed by atoms with van der Waals surface area (Å²) >= 11 is 0. The Morgan fingerprint density at radius 3 is 0.963 bits per heavy atom. The number of nitrogens with one attached hydrogen (secondary N) is 1. The number of esters is 1. The molecule has 0 heterocycles. The van der Waals surface area contributed by atoms with Crippen molar-refractivity contribution >= 4 is 11.9 Å². The summed E-state index contributed by atoms with van der Waals surface area (Å²) in [5.74, 6) is -0.0176. The number of aliphatic hydroxyl groups is 2. The van der Waals surface area contributed by atoms with Gasteiger partial charge in [0.2, 0.25) is 5.91 Å². The Bertz CT molecular complexity index is 1250. The third kappa shape index (κ3) is 65.5. The van der Waals surface area contributed by atoms with E-state index in [1.807, 2.05) is 0 Å². The summed E-state index contributed by atoms with van der Waals surface area (Å²) < 4.78 is 5.50. The fourth-order valence-corrected chi connectivity index (χ4v) is 11.7. The largest absolute Gasteiger partial charge is 0.466 e. The summed E-state index contributed by atoms with van der Waals surface area (Å²) in [6.45, 7) is 4.98. The van der Waals surface area contributed by atoms with Crippen LogP contribution in [0.4, 0.5) is 0 Å². The van der Waals surface area contributed by atoms with Crippen LogP contribution in [0.2, 0.25) is 0 Å². The van der Waals surface area contributed by atoms with Crippen molar-refractivity contribution in [2.75, 3.05) is 13.2 Å². The van der Waals surface area contributed by atoms with Gasteiger partial charge in [-0.2, -0.15) is 0 Å². The molecule has 474 valence electrons. The van der Waals surface area contributed by atoms with Crippen LogP contribution in [0.25, 0.3) is 0 Å². The second-order valence-electron chi connectivity index (χ2n) is 25.3. The number of carbonyl (C=O) groups excluding carboxylic acids is 2. The minimum atomic E-state index is -0.663. The number of rotatable bonds is 69. The van der Waals surface area contributed by atoms with Crippen LogP contribution in [0.3, 0.4) is 0 Å². The standard InChI is InChI=1S/C74H143NO5/c1-3-5-7-9-11-13-15-17-19-21-31-34-38-42-46-50-54-58-62-66-72(77)71(70-76)75-73(78)67-63-59-55-51-47-43-39-35-32-29-27-25-23-24-26-28-30-33-37-41-45-49-53-57-61-65-69-80-74(79)68-64-60-56-52-48-44-40-36-22-20-18-16-14-12-10-8-6-4-2/h14,16,20,22,71-72,76-77H,3-13,15,17-19,21,23-70H2,1-2H3,(H,75,78)/b16-14-,22-20-. The molecule has 2 unspecified atom stereocenters. The summed E-state index contributed by atoms with van der Waals surface area (Å²) in [5.41, 5.74) is 0. The third-order valence-corrected chi connectivity index (χ3v) is 17.3. The van der Waals surface area contributed by atoms with Gasteiger partial charge in [0.1, 0.15) is 0 Å². The van der Waals surface area contributed by atoms with Crippen LogP contribution in [0.5, 0.6) is 0 Å². The molecule has 0 aliphatic carbocycles. The zero-order chi connectivity index (χ0) is 57.8. The topological polar surface area (TPSA) is 95.9 Å². The van der Waals surface area contributed by atoms with Gasteiger partial charge in [-0.3, -0.25) is 9.59 Å². The molecule has 1 amide bonds. The van der Waals surface area contributed by atoms with Gasteiger partial charge in [0.15, 0.2) is 0 Å². The highest BCUT2D eigenvalue weighted by molar-refractivity contribution is 5.76. The van der Waals surface area contributed by atoms with Gasteiger partial charge < -0.3 is 20.3 Å². The van der Waals surface area contributed by atoms with E-state index in [0.29, 0.717) is 25.9 Å². The molecule has 6 nitrogen and oxygen atoms in total. The SMILES string of the molecule is CCCCCC/C=C\C/C=C\CCCCCCCCCC(=O)OCCCCCCCCCCCCCCCCCCCCCCCCCCCCC(=O)NC(CO)C(O)CCCCCCCCCCCCCCCCCCCCC. The lowest BCUT2D eigenvalue weighted by atomic mass is 10.0. The lowest BCUT2D eigenvalue weighted by molar-refractivity contribution is -0.143. The lowest BCUT2D eigenvalue weighted by Gasteiger charge is -2.22. The summed E-state index contributed by atoms with van der Waals surface area (Å²) in [4.78, 5) is 24.6. The van der Waals surface area contributed by atoms with Gasteiger partial charge >= 0.3 is 5.97 Å². The maximum atomic E-state index is 12.5. The van der Waals surface area contributed by atoms with E-state index in [1.54, 1.807) is 0 Å². The first-order chi connectivity index (χ1) is 39.5. The number of unbranched alkanes of at least 4 members (excludes halogenated alkanes) is 54. The zero-order valence-corrected chi connectivity index (χ0v) is 54.3. The Morgan fingerprint density at radius 2 is 0.625 bits per heavy atom. The highest BCUT2D eigenvalue weighted by Gasteiger charge is 2.20. The van der Waals surface area contributed by atoms with E-state index in [1.165, 1.54) is 327 Å². The number of ether oxygens (including phenoxy) is 1. The molecule has 0 radical (unpaired) electrons. The molecule has 0 bridgehead atoms. The predicted octanol–water partition coefficient (Wildman–Crippen LogP) is 23.7. The van der Waals surface area contributed by atoms with Gasteiger partial charge in [0.25, 0.3) is 0 Å². The van der Waals surface area contributed by atoms with Crippen LogP contribution >= 0.6 is 0 Å². The Balaban J connectivity index is 3.35. The number of hydrogen-bond donors (Lipinski definition) is 3. The van der Waals surface area contributed by atoms with Gasteiger partial charge in [-0.25, -0.2) is 0 Å². The zero-order valence-electron chi connectivity index (χ0n) is 54.3. The highest BCUT2D eigenvalue weighted by atomic mass is 16.5. The van der Waals surface area contributed by atoms with E-state index < -0.39 is 12.1 Å². The molecule has 0 saturated carbocycles. The Morgan fingerprint density at radius 1 is 0.350 bits per heavy atom. The molecular weight excluding hydrogens is 983 g/mol. The van der Waals surface area contributed by atoms with Crippen molar-refractivity contribution in [1.82, 2.24) is 5.32 Å². The van der Waals surface area contributed by atoms with Crippen molar-refractivity contribution in [2.45, 2.75) is 424 Å². The molecule has 0 spiro atoms. The summed E-state index contributed by atoms with van der Waals surface area (Å²) in [6.07, 6.45) is 88.0. The molecule has 0 aromatic rings. The Kier molecular flexibility index (Phi) is 68.4. The number of carbonyl (C=O) groups is 2. The summed E-state index contributed by atoms with van der Waals surface area (Å²) in [6, 6.07) is -0.540. The van der Waals surface area contributed by atoms with Gasteiger partial charge in [0.05, 0.1) is 25.4 Å². The minimum absolute atomic E-state index is 0.0109. The van der Waals surface area contributed by atoms with Gasteiger partial charge in [-0.05, 0) is 57.8 Å². The molecule has 0 aromatic heterocycles. The normalized spacial score (nSPS) is 12.6. The van der Waals surface area contributed by atoms with Crippen LogP contribution in [-0.4, -0.2) is 47.4 Å². The van der Waals surface area contributed by atoms with Crippen LogP contribution in [0, 0.1) is 0 Å². The van der Waals surface area contributed by atoms with Crippen LogP contribution in [0.1, 0.15) is 412 Å². The van der Waals surface area contributed by atoms with E-state index in [9.17, 15) is 19.8 Å². The maximum Gasteiger partial charge on any atom is 0.305 e. The van der Waals surface area contributed by atoms with E-state index in [4.69, 9.17) is 4.74 Å². The molecule has 80 heavy (non-hydrogen) atoms. The average Bonchev–Trinajstić information content (AvgIpc) is 3.46. The molecule has 0 saturated heterocycles. The molecule has 3 N–H and O–H groups in total. The van der Waals surface area contributed by atoms with Crippen molar-refractivity contribution in [1.29, 1.82) is 0 Å². The number of amides is 1. The Labute approximate surface area is 501 Å².